The molecule has 1 aromatic rings. The molecule has 21 heavy (non-hydrogen) atoms. The minimum atomic E-state index is -1.24. The number of carbonyl (C=O) groups excluding carboxylic acids is 2. The number of hydrogen-bond acceptors (Lipinski definition) is 5. The number of carboxylic acid groups (broad SMARTS) is 1. The molecule has 0 aromatic heterocycles. The Hall–Kier alpha value is -2.57. The van der Waals surface area contributed by atoms with Crippen molar-refractivity contribution in [1.82, 2.24) is 5.32 Å². The summed E-state index contributed by atoms with van der Waals surface area (Å²) in [5, 5.41) is 11.2. The van der Waals surface area contributed by atoms with E-state index in [1.807, 2.05) is 6.07 Å². The van der Waals surface area contributed by atoms with E-state index in [0.29, 0.717) is 0 Å². The third-order valence-corrected chi connectivity index (χ3v) is 2.67. The Morgan fingerprint density at radius 3 is 2.48 bits per heavy atom. The van der Waals surface area contributed by atoms with E-state index in [1.54, 1.807) is 24.3 Å². The number of benzene rings is 1. The third-order valence-electron chi connectivity index (χ3n) is 2.67. The van der Waals surface area contributed by atoms with Crippen LogP contribution in [0.1, 0.15) is 18.4 Å². The van der Waals surface area contributed by atoms with Crippen molar-refractivity contribution in [2.75, 3.05) is 7.11 Å². The van der Waals surface area contributed by atoms with Gasteiger partial charge in [-0.05, 0) is 12.0 Å². The first-order valence-corrected chi connectivity index (χ1v) is 6.29. The maximum atomic E-state index is 11.5. The largest absolute Gasteiger partial charge is 0.480 e. The first kappa shape index (κ1) is 16.5. The lowest BCUT2D eigenvalue weighted by atomic mass is 10.1. The minimum Gasteiger partial charge on any atom is -0.480 e. The van der Waals surface area contributed by atoms with Crippen LogP contribution < -0.4 is 5.32 Å². The zero-order valence-corrected chi connectivity index (χ0v) is 11.6. The van der Waals surface area contributed by atoms with Gasteiger partial charge in [-0.15, -0.1) is 0 Å². The molecule has 7 heteroatoms. The lowest BCUT2D eigenvalue weighted by Gasteiger charge is -2.14. The monoisotopic (exact) mass is 295 g/mol. The van der Waals surface area contributed by atoms with E-state index in [1.165, 1.54) is 7.11 Å². The van der Waals surface area contributed by atoms with Crippen molar-refractivity contribution in [2.45, 2.75) is 25.5 Å². The highest BCUT2D eigenvalue weighted by molar-refractivity contribution is 5.80. The molecule has 1 atom stereocenters. The summed E-state index contributed by atoms with van der Waals surface area (Å²) < 4.78 is 9.33. The van der Waals surface area contributed by atoms with E-state index >= 15 is 0 Å². The van der Waals surface area contributed by atoms with Crippen LogP contribution in [0.2, 0.25) is 0 Å². The smallest absolute Gasteiger partial charge is 0.408 e. The Morgan fingerprint density at radius 1 is 1.24 bits per heavy atom. The number of methoxy groups -OCH3 is 1. The Morgan fingerprint density at radius 2 is 1.90 bits per heavy atom. The van der Waals surface area contributed by atoms with Crippen LogP contribution in [0.4, 0.5) is 4.79 Å². The topological polar surface area (TPSA) is 102 Å². The Bertz CT molecular complexity index is 487. The lowest BCUT2D eigenvalue weighted by Crippen LogP contribution is -2.41. The van der Waals surface area contributed by atoms with Gasteiger partial charge in [0.15, 0.2) is 0 Å². The summed E-state index contributed by atoms with van der Waals surface area (Å²) in [5.74, 6) is -1.78. The quantitative estimate of drug-likeness (QED) is 0.735. The number of carboxylic acids is 1. The van der Waals surface area contributed by atoms with Gasteiger partial charge < -0.3 is 19.9 Å². The van der Waals surface area contributed by atoms with Crippen LogP contribution in [0.25, 0.3) is 0 Å². The molecule has 0 saturated carbocycles. The van der Waals surface area contributed by atoms with Crippen LogP contribution in [0.3, 0.4) is 0 Å². The highest BCUT2D eigenvalue weighted by Crippen LogP contribution is 2.03. The van der Waals surface area contributed by atoms with Crippen molar-refractivity contribution in [3.05, 3.63) is 35.9 Å². The molecule has 2 N–H and O–H groups in total. The van der Waals surface area contributed by atoms with Gasteiger partial charge in [0.25, 0.3) is 0 Å². The summed E-state index contributed by atoms with van der Waals surface area (Å²) >= 11 is 0. The maximum Gasteiger partial charge on any atom is 0.408 e. The number of rotatable bonds is 7. The summed E-state index contributed by atoms with van der Waals surface area (Å²) in [5.41, 5.74) is 0.786. The normalized spacial score (nSPS) is 11.3. The molecule has 1 unspecified atom stereocenters. The maximum absolute atomic E-state index is 11.5. The molecular formula is C14H17NO6. The van der Waals surface area contributed by atoms with Crippen molar-refractivity contribution >= 4 is 18.0 Å². The van der Waals surface area contributed by atoms with Gasteiger partial charge in [0.1, 0.15) is 12.6 Å². The molecule has 0 radical (unpaired) electrons. The van der Waals surface area contributed by atoms with Crippen LogP contribution in [0, 0.1) is 0 Å². The molecular weight excluding hydrogens is 278 g/mol. The fourth-order valence-corrected chi connectivity index (χ4v) is 1.53. The summed E-state index contributed by atoms with van der Waals surface area (Å²) in [6, 6.07) is 7.78. The van der Waals surface area contributed by atoms with Crippen LogP contribution in [0.15, 0.2) is 30.3 Å². The van der Waals surface area contributed by atoms with E-state index < -0.39 is 24.1 Å². The predicted molar refractivity (Wildman–Crippen MR) is 72.4 cm³/mol. The number of aliphatic carboxylic acids is 1. The summed E-state index contributed by atoms with van der Waals surface area (Å²) in [7, 11) is 1.21. The molecule has 0 aliphatic carbocycles. The number of ether oxygens (including phenoxy) is 2. The van der Waals surface area contributed by atoms with E-state index in [4.69, 9.17) is 9.84 Å². The standard InChI is InChI=1S/C14H17NO6/c1-20-12(16)8-7-11(13(17)18)15-14(19)21-9-10-5-3-2-4-6-10/h2-6,11H,7-9H2,1H3,(H,15,19)(H,17,18). The molecule has 0 aliphatic heterocycles. The van der Waals surface area contributed by atoms with Crippen LogP contribution in [0.5, 0.6) is 0 Å². The number of hydrogen-bond donors (Lipinski definition) is 2. The van der Waals surface area contributed by atoms with Crippen LogP contribution in [-0.2, 0) is 25.7 Å². The van der Waals surface area contributed by atoms with Gasteiger partial charge in [-0.2, -0.15) is 0 Å². The van der Waals surface area contributed by atoms with E-state index in [-0.39, 0.29) is 19.4 Å². The first-order chi connectivity index (χ1) is 10.0. The number of nitrogens with one attached hydrogen (secondary N) is 1. The van der Waals surface area contributed by atoms with Crippen LogP contribution >= 0.6 is 0 Å². The number of amides is 1. The van der Waals surface area contributed by atoms with Gasteiger partial charge in [0, 0.05) is 6.42 Å². The van der Waals surface area contributed by atoms with E-state index in [9.17, 15) is 14.4 Å². The molecule has 1 aromatic carbocycles. The second kappa shape index (κ2) is 8.57. The lowest BCUT2D eigenvalue weighted by molar-refractivity contribution is -0.142. The van der Waals surface area contributed by atoms with Crippen molar-refractivity contribution in [2.24, 2.45) is 0 Å². The van der Waals surface area contributed by atoms with Crippen molar-refractivity contribution in [3.63, 3.8) is 0 Å². The number of esters is 1. The minimum absolute atomic E-state index is 0.0377. The third kappa shape index (κ3) is 6.42. The highest BCUT2D eigenvalue weighted by Gasteiger charge is 2.21. The average Bonchev–Trinajstić information content (AvgIpc) is 2.49. The zero-order valence-electron chi connectivity index (χ0n) is 11.6. The zero-order chi connectivity index (χ0) is 15.7. The molecule has 0 fully saturated rings. The molecule has 0 aliphatic rings. The summed E-state index contributed by atoms with van der Waals surface area (Å²) in [6.07, 6.45) is -1.02. The Kier molecular flexibility index (Phi) is 6.73. The molecule has 114 valence electrons. The predicted octanol–water partition coefficient (Wildman–Crippen LogP) is 1.32. The van der Waals surface area contributed by atoms with Gasteiger partial charge in [-0.1, -0.05) is 30.3 Å². The van der Waals surface area contributed by atoms with Gasteiger partial charge in [-0.25, -0.2) is 9.59 Å². The van der Waals surface area contributed by atoms with Gasteiger partial charge >= 0.3 is 18.0 Å². The summed E-state index contributed by atoms with van der Waals surface area (Å²) in [6.45, 7) is 0.0377. The van der Waals surface area contributed by atoms with Crippen LogP contribution in [-0.4, -0.2) is 36.3 Å². The average molecular weight is 295 g/mol. The number of alkyl carbamates (subject to hydrolysis) is 1. The molecule has 0 bridgehead atoms. The van der Waals surface area contributed by atoms with Gasteiger partial charge in [-0.3, -0.25) is 4.79 Å². The van der Waals surface area contributed by atoms with E-state index in [0.717, 1.165) is 5.56 Å². The summed E-state index contributed by atoms with van der Waals surface area (Å²) in [4.78, 5) is 33.5. The highest BCUT2D eigenvalue weighted by atomic mass is 16.5. The molecule has 7 nitrogen and oxygen atoms in total. The molecule has 0 heterocycles. The number of carbonyl (C=O) groups is 3. The second-order valence-electron chi connectivity index (χ2n) is 4.21. The second-order valence-corrected chi connectivity index (χ2v) is 4.21. The molecule has 0 saturated heterocycles. The van der Waals surface area contributed by atoms with Gasteiger partial charge in [0.2, 0.25) is 0 Å². The first-order valence-electron chi connectivity index (χ1n) is 6.29. The van der Waals surface area contributed by atoms with E-state index in [2.05, 4.69) is 10.1 Å². The molecule has 1 amide bonds. The van der Waals surface area contributed by atoms with Gasteiger partial charge in [0.05, 0.1) is 7.11 Å². The fraction of sp³-hybridized carbons (Fsp3) is 0.357. The fourth-order valence-electron chi connectivity index (χ4n) is 1.53. The van der Waals surface area contributed by atoms with Crippen molar-refractivity contribution < 1.29 is 29.0 Å². The SMILES string of the molecule is COC(=O)CCC(NC(=O)OCc1ccccc1)C(=O)O. The van der Waals surface area contributed by atoms with Crippen molar-refractivity contribution in [3.8, 4) is 0 Å². The Labute approximate surface area is 121 Å². The molecule has 1 rings (SSSR count). The van der Waals surface area contributed by atoms with Crippen molar-refractivity contribution in [1.29, 1.82) is 0 Å². The molecule has 0 spiro atoms. The Balaban J connectivity index is 2.41.